The van der Waals surface area contributed by atoms with E-state index in [1.807, 2.05) is 32.0 Å². The molecule has 9 nitrogen and oxygen atoms in total. The number of hydrogen-bond donors (Lipinski definition) is 4. The van der Waals surface area contributed by atoms with Gasteiger partial charge in [-0.05, 0) is 72.1 Å². The second-order valence-electron chi connectivity index (χ2n) is 10.4. The molecule has 0 saturated heterocycles. The van der Waals surface area contributed by atoms with E-state index in [2.05, 4.69) is 10.6 Å². The molecule has 0 bridgehead atoms. The van der Waals surface area contributed by atoms with Crippen molar-refractivity contribution in [1.82, 2.24) is 10.2 Å². The monoisotopic (exact) mass is 513 g/mol. The van der Waals surface area contributed by atoms with Crippen LogP contribution in [0.25, 0.3) is 0 Å². The fourth-order valence-corrected chi connectivity index (χ4v) is 4.02. The highest BCUT2D eigenvalue weighted by Gasteiger charge is 2.39. The van der Waals surface area contributed by atoms with Crippen LogP contribution >= 0.6 is 0 Å². The molecule has 2 aromatic rings. The maximum atomic E-state index is 13.9. The minimum absolute atomic E-state index is 0.122. The Morgan fingerprint density at radius 1 is 0.973 bits per heavy atom. The molecule has 0 spiro atoms. The van der Waals surface area contributed by atoms with Crippen LogP contribution in [0, 0.1) is 20.8 Å². The smallest absolute Gasteiger partial charge is 0.408 e. The number of carbonyl (C=O) groups is 3. The molecular weight excluding hydrogens is 474 g/mol. The number of benzene rings is 2. The van der Waals surface area contributed by atoms with E-state index in [-0.39, 0.29) is 11.3 Å². The molecular formula is C28H39N3O6. The number of rotatable bonds is 8. The highest BCUT2D eigenvalue weighted by molar-refractivity contribution is 6.00. The van der Waals surface area contributed by atoms with Gasteiger partial charge in [0.2, 0.25) is 5.91 Å². The number of alkyl carbamates (subject to hydrolysis) is 1. The lowest BCUT2D eigenvalue weighted by Crippen LogP contribution is -2.55. The Morgan fingerprint density at radius 3 is 2.03 bits per heavy atom. The number of aliphatic hydroxyl groups excluding tert-OH is 1. The number of carbonyl (C=O) groups excluding carboxylic acids is 3. The van der Waals surface area contributed by atoms with Crippen molar-refractivity contribution in [2.45, 2.75) is 79.1 Å². The van der Waals surface area contributed by atoms with Crippen molar-refractivity contribution in [3.05, 3.63) is 58.7 Å². The normalized spacial score (nSPS) is 13.0. The maximum absolute atomic E-state index is 13.9. The molecule has 0 heterocycles. The number of phenolic OH excluding ortho intramolecular Hbond substituents is 1. The number of nitrogens with zero attached hydrogens (tertiary/aromatic N) is 1. The van der Waals surface area contributed by atoms with Crippen molar-refractivity contribution in [2.24, 2.45) is 0 Å². The van der Waals surface area contributed by atoms with E-state index in [0.29, 0.717) is 11.3 Å². The second-order valence-corrected chi connectivity index (χ2v) is 10.4. The highest BCUT2D eigenvalue weighted by atomic mass is 16.6. The first-order chi connectivity index (χ1) is 17.2. The minimum Gasteiger partial charge on any atom is -0.507 e. The number of aromatic hydroxyl groups is 1. The Labute approximate surface area is 218 Å². The van der Waals surface area contributed by atoms with Gasteiger partial charge in [0.1, 0.15) is 23.4 Å². The lowest BCUT2D eigenvalue weighted by Gasteiger charge is -2.37. The van der Waals surface area contributed by atoms with Gasteiger partial charge >= 0.3 is 6.09 Å². The molecule has 0 aliphatic rings. The molecule has 2 unspecified atom stereocenters. The molecule has 2 atom stereocenters. The molecule has 37 heavy (non-hydrogen) atoms. The van der Waals surface area contributed by atoms with E-state index in [1.165, 1.54) is 4.90 Å². The average Bonchev–Trinajstić information content (AvgIpc) is 2.78. The van der Waals surface area contributed by atoms with E-state index >= 15 is 0 Å². The summed E-state index contributed by atoms with van der Waals surface area (Å²) in [5.74, 6) is -1.37. The van der Waals surface area contributed by atoms with Gasteiger partial charge in [0.15, 0.2) is 0 Å². The molecule has 2 aromatic carbocycles. The molecule has 2 rings (SSSR count). The summed E-state index contributed by atoms with van der Waals surface area (Å²) in [6.45, 7) is 13.2. The summed E-state index contributed by atoms with van der Waals surface area (Å²) in [7, 11) is 0. The van der Waals surface area contributed by atoms with Crippen molar-refractivity contribution in [3.8, 4) is 5.75 Å². The van der Waals surface area contributed by atoms with Crippen LogP contribution in [0.2, 0.25) is 0 Å². The van der Waals surface area contributed by atoms with Gasteiger partial charge in [0.05, 0.1) is 6.61 Å². The molecule has 0 fully saturated rings. The zero-order chi connectivity index (χ0) is 28.1. The molecule has 0 aliphatic carbocycles. The van der Waals surface area contributed by atoms with E-state index < -0.39 is 48.2 Å². The molecule has 0 aliphatic heterocycles. The maximum Gasteiger partial charge on any atom is 0.408 e. The third-order valence-electron chi connectivity index (χ3n) is 5.80. The summed E-state index contributed by atoms with van der Waals surface area (Å²) in [6, 6.07) is 7.38. The SMILES string of the molecule is Cc1cccc(C(C(=O)Nc2c(C)cccc2C)N(C(=O)C(CO)NC(=O)OC(C)(C)C)C(C)C)c1O. The Morgan fingerprint density at radius 2 is 1.51 bits per heavy atom. The summed E-state index contributed by atoms with van der Waals surface area (Å²) in [4.78, 5) is 41.3. The number of para-hydroxylation sites is 2. The molecule has 4 N–H and O–H groups in total. The minimum atomic E-state index is -1.38. The lowest BCUT2D eigenvalue weighted by molar-refractivity contribution is -0.143. The zero-order valence-electron chi connectivity index (χ0n) is 22.9. The topological polar surface area (TPSA) is 128 Å². The van der Waals surface area contributed by atoms with E-state index in [0.717, 1.165) is 11.1 Å². The second kappa shape index (κ2) is 12.1. The summed E-state index contributed by atoms with van der Waals surface area (Å²) < 4.78 is 5.24. The highest BCUT2D eigenvalue weighted by Crippen LogP contribution is 2.34. The van der Waals surface area contributed by atoms with Crippen LogP contribution in [-0.2, 0) is 14.3 Å². The van der Waals surface area contributed by atoms with Gasteiger partial charge in [0.25, 0.3) is 5.91 Å². The van der Waals surface area contributed by atoms with Crippen LogP contribution in [0.5, 0.6) is 5.75 Å². The lowest BCUT2D eigenvalue weighted by atomic mass is 9.97. The number of amides is 3. The van der Waals surface area contributed by atoms with Crippen molar-refractivity contribution >= 4 is 23.6 Å². The number of aliphatic hydroxyl groups is 1. The summed E-state index contributed by atoms with van der Waals surface area (Å²) in [5, 5.41) is 26.2. The molecule has 0 saturated carbocycles. The number of ether oxygens (including phenoxy) is 1. The Bertz CT molecular complexity index is 1120. The number of anilines is 1. The first-order valence-corrected chi connectivity index (χ1v) is 12.3. The van der Waals surface area contributed by atoms with Crippen LogP contribution < -0.4 is 10.6 Å². The molecule has 9 heteroatoms. The summed E-state index contributed by atoms with van der Waals surface area (Å²) in [5.41, 5.74) is 2.22. The van der Waals surface area contributed by atoms with E-state index in [4.69, 9.17) is 4.74 Å². The van der Waals surface area contributed by atoms with E-state index in [1.54, 1.807) is 59.7 Å². The predicted octanol–water partition coefficient (Wildman–Crippen LogP) is 4.12. The number of phenols is 1. The Balaban J connectivity index is 2.57. The molecule has 3 amide bonds. The predicted molar refractivity (Wildman–Crippen MR) is 142 cm³/mol. The van der Waals surface area contributed by atoms with Gasteiger partial charge in [0, 0.05) is 17.3 Å². The van der Waals surface area contributed by atoms with Crippen molar-refractivity contribution in [3.63, 3.8) is 0 Å². The third kappa shape index (κ3) is 7.45. The third-order valence-corrected chi connectivity index (χ3v) is 5.80. The van der Waals surface area contributed by atoms with Crippen LogP contribution in [0.1, 0.15) is 62.9 Å². The first kappa shape index (κ1) is 29.6. The van der Waals surface area contributed by atoms with Gasteiger partial charge < -0.3 is 30.5 Å². The fraction of sp³-hybridized carbons (Fsp3) is 0.464. The van der Waals surface area contributed by atoms with Gasteiger partial charge in [-0.3, -0.25) is 9.59 Å². The van der Waals surface area contributed by atoms with Crippen LogP contribution in [-0.4, -0.2) is 57.3 Å². The van der Waals surface area contributed by atoms with Crippen LogP contribution in [0.3, 0.4) is 0 Å². The quantitative estimate of drug-likeness (QED) is 0.420. The van der Waals surface area contributed by atoms with Crippen LogP contribution in [0.15, 0.2) is 36.4 Å². The van der Waals surface area contributed by atoms with Gasteiger partial charge in [-0.1, -0.05) is 36.4 Å². The number of hydrogen-bond acceptors (Lipinski definition) is 6. The van der Waals surface area contributed by atoms with Crippen molar-refractivity contribution in [1.29, 1.82) is 0 Å². The standard InChI is InChI=1S/C28H39N3O6/c1-16(2)31(26(35)21(15-32)29-27(36)37-28(6,7)8)23(20-14-10-13-19(5)24(20)33)25(34)30-22-17(3)11-9-12-18(22)4/h9-14,16,21,23,32-33H,15H2,1-8H3,(H,29,36)(H,30,34). The van der Waals surface area contributed by atoms with Crippen molar-refractivity contribution in [2.75, 3.05) is 11.9 Å². The summed E-state index contributed by atoms with van der Waals surface area (Å²) >= 11 is 0. The average molecular weight is 514 g/mol. The van der Waals surface area contributed by atoms with Crippen molar-refractivity contribution < 1.29 is 29.3 Å². The Kier molecular flexibility index (Phi) is 9.69. The fourth-order valence-electron chi connectivity index (χ4n) is 4.02. The zero-order valence-corrected chi connectivity index (χ0v) is 22.9. The number of aryl methyl sites for hydroxylation is 3. The largest absolute Gasteiger partial charge is 0.507 e. The number of nitrogens with one attached hydrogen (secondary N) is 2. The van der Waals surface area contributed by atoms with Gasteiger partial charge in [-0.15, -0.1) is 0 Å². The molecule has 0 aromatic heterocycles. The summed E-state index contributed by atoms with van der Waals surface area (Å²) in [6.07, 6.45) is -0.876. The van der Waals surface area contributed by atoms with Gasteiger partial charge in [-0.25, -0.2) is 4.79 Å². The van der Waals surface area contributed by atoms with Crippen LogP contribution in [0.4, 0.5) is 10.5 Å². The van der Waals surface area contributed by atoms with E-state index in [9.17, 15) is 24.6 Å². The molecule has 0 radical (unpaired) electrons. The molecule has 202 valence electrons. The van der Waals surface area contributed by atoms with Gasteiger partial charge in [-0.2, -0.15) is 0 Å². The first-order valence-electron chi connectivity index (χ1n) is 12.3. The Hall–Kier alpha value is -3.59.